The van der Waals surface area contributed by atoms with Gasteiger partial charge in [0.25, 0.3) is 0 Å². The third-order valence-electron chi connectivity index (χ3n) is 2.57. The van der Waals surface area contributed by atoms with Crippen LogP contribution >= 0.6 is 0 Å². The molecule has 4 N–H and O–H groups in total. The van der Waals surface area contributed by atoms with E-state index in [4.69, 9.17) is 5.11 Å². The summed E-state index contributed by atoms with van der Waals surface area (Å²) in [6, 6.07) is -0.853. The zero-order valence-electron chi connectivity index (χ0n) is 13.1. The summed E-state index contributed by atoms with van der Waals surface area (Å²) >= 11 is 0. The fraction of sp³-hybridized carbons (Fsp3) is 0.571. The first-order chi connectivity index (χ1) is 10.1. The topological polar surface area (TPSA) is 125 Å². The third-order valence-corrected chi connectivity index (χ3v) is 2.57. The van der Waals surface area contributed by atoms with E-state index in [-0.39, 0.29) is 18.0 Å². The van der Waals surface area contributed by atoms with Crippen molar-refractivity contribution < 1.29 is 24.3 Å². The molecule has 0 saturated carbocycles. The van der Waals surface area contributed by atoms with Crippen LogP contribution in [0.4, 0.5) is 0 Å². The molecule has 0 aliphatic carbocycles. The molecule has 0 aliphatic rings. The van der Waals surface area contributed by atoms with Crippen LogP contribution in [0.25, 0.3) is 0 Å². The van der Waals surface area contributed by atoms with E-state index in [1.165, 1.54) is 6.92 Å². The molecule has 0 saturated heterocycles. The molecule has 1 atom stereocenters. The molecule has 0 rings (SSSR count). The van der Waals surface area contributed by atoms with E-state index in [2.05, 4.69) is 22.5 Å². The van der Waals surface area contributed by atoms with Crippen LogP contribution in [0.3, 0.4) is 0 Å². The third kappa shape index (κ3) is 8.72. The van der Waals surface area contributed by atoms with Gasteiger partial charge in [-0.3, -0.25) is 19.2 Å². The summed E-state index contributed by atoms with van der Waals surface area (Å²) < 4.78 is 0. The Kier molecular flexibility index (Phi) is 8.51. The molecule has 0 aromatic rings. The zero-order chi connectivity index (χ0) is 17.3. The van der Waals surface area contributed by atoms with Crippen molar-refractivity contribution >= 4 is 23.7 Å². The van der Waals surface area contributed by atoms with Crippen LogP contribution in [0.2, 0.25) is 0 Å². The fourth-order valence-electron chi connectivity index (χ4n) is 1.55. The Bertz CT molecular complexity index is 459. The van der Waals surface area contributed by atoms with Crippen LogP contribution in [0.5, 0.6) is 0 Å². The van der Waals surface area contributed by atoms with Crippen LogP contribution < -0.4 is 16.0 Å². The van der Waals surface area contributed by atoms with Crippen LogP contribution in [-0.2, 0) is 19.2 Å². The minimum Gasteiger partial charge on any atom is -0.480 e. The molecule has 8 heteroatoms. The van der Waals surface area contributed by atoms with Gasteiger partial charge >= 0.3 is 5.97 Å². The van der Waals surface area contributed by atoms with Gasteiger partial charge in [0.05, 0.1) is 6.54 Å². The van der Waals surface area contributed by atoms with E-state index in [1.807, 2.05) is 13.8 Å². The smallest absolute Gasteiger partial charge is 0.322 e. The van der Waals surface area contributed by atoms with Crippen molar-refractivity contribution in [2.75, 3.05) is 13.1 Å². The number of aliphatic carboxylic acids is 1. The molecule has 8 nitrogen and oxygen atoms in total. The van der Waals surface area contributed by atoms with E-state index >= 15 is 0 Å². The first kappa shape index (κ1) is 19.6. The Balaban J connectivity index is 4.53. The number of carboxylic acids is 1. The summed E-state index contributed by atoms with van der Waals surface area (Å²) in [6.45, 7) is 7.88. The lowest BCUT2D eigenvalue weighted by molar-refractivity contribution is -0.138. The molecular weight excluding hydrogens is 290 g/mol. The molecule has 22 heavy (non-hydrogen) atoms. The summed E-state index contributed by atoms with van der Waals surface area (Å²) in [5.74, 6) is -2.62. The number of carbonyl (C=O) groups excluding carboxylic acids is 3. The lowest BCUT2D eigenvalue weighted by Crippen LogP contribution is -2.50. The van der Waals surface area contributed by atoms with Gasteiger partial charge in [0, 0.05) is 5.57 Å². The minimum atomic E-state index is -1.17. The maximum atomic E-state index is 11.9. The summed E-state index contributed by atoms with van der Waals surface area (Å²) in [7, 11) is 0. The Morgan fingerprint density at radius 2 is 1.68 bits per heavy atom. The summed E-state index contributed by atoms with van der Waals surface area (Å²) in [5, 5.41) is 15.6. The standard InChI is InChI=1S/C14H23N3O5/c1-8(2)5-10(14(22)16-7-12(19)20)17-11(18)6-15-13(21)9(3)4/h8,10H,3,5-7H2,1-2,4H3,(H,15,21)(H,16,22)(H,17,18)(H,19,20). The number of nitrogens with one attached hydrogen (secondary N) is 3. The second-order valence-electron chi connectivity index (χ2n) is 5.32. The first-order valence-corrected chi connectivity index (χ1v) is 6.86. The van der Waals surface area contributed by atoms with Crippen molar-refractivity contribution in [2.45, 2.75) is 33.2 Å². The molecule has 0 heterocycles. The average molecular weight is 313 g/mol. The number of amides is 3. The monoisotopic (exact) mass is 313 g/mol. The summed E-state index contributed by atoms with van der Waals surface area (Å²) in [5.41, 5.74) is 0.269. The highest BCUT2D eigenvalue weighted by Gasteiger charge is 2.22. The van der Waals surface area contributed by atoms with E-state index in [0.29, 0.717) is 6.42 Å². The highest BCUT2D eigenvalue weighted by Crippen LogP contribution is 2.04. The van der Waals surface area contributed by atoms with Gasteiger partial charge in [0.15, 0.2) is 0 Å². The fourth-order valence-corrected chi connectivity index (χ4v) is 1.55. The first-order valence-electron chi connectivity index (χ1n) is 6.86. The van der Waals surface area contributed by atoms with Gasteiger partial charge < -0.3 is 21.1 Å². The Morgan fingerprint density at radius 3 is 2.14 bits per heavy atom. The van der Waals surface area contributed by atoms with Crippen molar-refractivity contribution in [2.24, 2.45) is 5.92 Å². The normalized spacial score (nSPS) is 11.5. The number of rotatable bonds is 9. The van der Waals surface area contributed by atoms with Gasteiger partial charge in [-0.25, -0.2) is 0 Å². The SMILES string of the molecule is C=C(C)C(=O)NCC(=O)NC(CC(C)C)C(=O)NCC(=O)O. The predicted molar refractivity (Wildman–Crippen MR) is 79.9 cm³/mol. The number of hydrogen-bond acceptors (Lipinski definition) is 4. The van der Waals surface area contributed by atoms with Gasteiger partial charge in [0.1, 0.15) is 12.6 Å². The van der Waals surface area contributed by atoms with E-state index in [0.717, 1.165) is 0 Å². The largest absolute Gasteiger partial charge is 0.480 e. The van der Waals surface area contributed by atoms with E-state index in [1.54, 1.807) is 0 Å². The van der Waals surface area contributed by atoms with Crippen LogP contribution in [0, 0.1) is 5.92 Å². The van der Waals surface area contributed by atoms with Gasteiger partial charge in [-0.2, -0.15) is 0 Å². The van der Waals surface area contributed by atoms with E-state index in [9.17, 15) is 19.2 Å². The minimum absolute atomic E-state index is 0.117. The molecule has 124 valence electrons. The molecule has 0 bridgehead atoms. The lowest BCUT2D eigenvalue weighted by atomic mass is 10.0. The molecule has 0 radical (unpaired) electrons. The van der Waals surface area contributed by atoms with Gasteiger partial charge in [-0.1, -0.05) is 20.4 Å². The molecule has 3 amide bonds. The van der Waals surface area contributed by atoms with Gasteiger partial charge in [-0.05, 0) is 19.3 Å². The number of carbonyl (C=O) groups is 4. The van der Waals surface area contributed by atoms with Crippen LogP contribution in [0.1, 0.15) is 27.2 Å². The summed E-state index contributed by atoms with van der Waals surface area (Å²) in [4.78, 5) is 45.4. The number of carboxylic acid groups (broad SMARTS) is 1. The Labute approximate surface area is 129 Å². The van der Waals surface area contributed by atoms with Crippen molar-refractivity contribution in [3.8, 4) is 0 Å². The second kappa shape index (κ2) is 9.54. The highest BCUT2D eigenvalue weighted by molar-refractivity contribution is 5.95. The van der Waals surface area contributed by atoms with Gasteiger partial charge in [0.2, 0.25) is 17.7 Å². The highest BCUT2D eigenvalue weighted by atomic mass is 16.4. The van der Waals surface area contributed by atoms with E-state index < -0.39 is 36.3 Å². The van der Waals surface area contributed by atoms with Crippen LogP contribution in [0.15, 0.2) is 12.2 Å². The van der Waals surface area contributed by atoms with Crippen molar-refractivity contribution in [1.82, 2.24) is 16.0 Å². The maximum Gasteiger partial charge on any atom is 0.322 e. The number of hydrogen-bond donors (Lipinski definition) is 4. The summed E-state index contributed by atoms with van der Waals surface area (Å²) in [6.07, 6.45) is 0.353. The lowest BCUT2D eigenvalue weighted by Gasteiger charge is -2.20. The molecule has 0 aliphatic heterocycles. The quantitative estimate of drug-likeness (QED) is 0.424. The molecule has 0 fully saturated rings. The molecule has 0 spiro atoms. The molecule has 1 unspecified atom stereocenters. The second-order valence-corrected chi connectivity index (χ2v) is 5.32. The van der Waals surface area contributed by atoms with Crippen molar-refractivity contribution in [3.05, 3.63) is 12.2 Å². The molecule has 0 aromatic heterocycles. The van der Waals surface area contributed by atoms with Crippen LogP contribution in [-0.4, -0.2) is 47.9 Å². The molecule has 0 aromatic carbocycles. The average Bonchev–Trinajstić information content (AvgIpc) is 2.40. The Morgan fingerprint density at radius 1 is 1.09 bits per heavy atom. The zero-order valence-corrected chi connectivity index (χ0v) is 13.1. The Hall–Kier alpha value is -2.38. The van der Waals surface area contributed by atoms with Crippen molar-refractivity contribution in [1.29, 1.82) is 0 Å². The van der Waals surface area contributed by atoms with Gasteiger partial charge in [-0.15, -0.1) is 0 Å². The maximum absolute atomic E-state index is 11.9. The molecular formula is C14H23N3O5. The van der Waals surface area contributed by atoms with Crippen molar-refractivity contribution in [3.63, 3.8) is 0 Å². The predicted octanol–water partition coefficient (Wildman–Crippen LogP) is -0.590.